The lowest BCUT2D eigenvalue weighted by Gasteiger charge is -2.29. The van der Waals surface area contributed by atoms with Gasteiger partial charge in [-0.2, -0.15) is 0 Å². The molecule has 0 atom stereocenters. The molecular formula is C24H25ClF3N3O. The topological polar surface area (TPSA) is 28.6 Å². The number of rotatable bonds is 7. The zero-order valence-corrected chi connectivity index (χ0v) is 18.4. The summed E-state index contributed by atoms with van der Waals surface area (Å²) in [6.45, 7) is 3.89. The Labute approximate surface area is 190 Å². The Morgan fingerprint density at radius 1 is 0.969 bits per heavy atom. The highest BCUT2D eigenvalue weighted by Gasteiger charge is 2.31. The van der Waals surface area contributed by atoms with E-state index in [-0.39, 0.29) is 5.75 Å². The molecule has 2 aromatic carbocycles. The van der Waals surface area contributed by atoms with Gasteiger partial charge in [-0.1, -0.05) is 30.2 Å². The van der Waals surface area contributed by atoms with Crippen molar-refractivity contribution >= 4 is 34.0 Å². The van der Waals surface area contributed by atoms with Crippen LogP contribution in [0.25, 0.3) is 10.9 Å². The third kappa shape index (κ3) is 5.84. The molecule has 0 aliphatic carbocycles. The maximum absolute atomic E-state index is 12.5. The summed E-state index contributed by atoms with van der Waals surface area (Å²) in [6, 6.07) is 15.4. The second-order valence-corrected chi connectivity index (χ2v) is 8.34. The fourth-order valence-electron chi connectivity index (χ4n) is 4.09. The van der Waals surface area contributed by atoms with Crippen molar-refractivity contribution in [1.82, 2.24) is 9.88 Å². The average Bonchev–Trinajstić information content (AvgIpc) is 2.77. The van der Waals surface area contributed by atoms with Crippen molar-refractivity contribution in [2.24, 2.45) is 0 Å². The van der Waals surface area contributed by atoms with E-state index in [2.05, 4.69) is 9.64 Å². The molecule has 0 spiro atoms. The van der Waals surface area contributed by atoms with Gasteiger partial charge in [0, 0.05) is 17.6 Å². The number of fused-ring (bicyclic) bond motifs is 1. The molecule has 3 aromatic rings. The number of pyridine rings is 1. The minimum Gasteiger partial charge on any atom is -0.406 e. The second kappa shape index (κ2) is 9.96. The summed E-state index contributed by atoms with van der Waals surface area (Å²) in [7, 11) is 0. The molecule has 0 saturated carbocycles. The molecule has 4 nitrogen and oxygen atoms in total. The zero-order valence-electron chi connectivity index (χ0n) is 17.6. The predicted octanol–water partition coefficient (Wildman–Crippen LogP) is 6.80. The summed E-state index contributed by atoms with van der Waals surface area (Å²) in [4.78, 5) is 9.25. The Kier molecular flexibility index (Phi) is 7.06. The SMILES string of the molecule is FC(F)(F)Oc1ccc(N(CCCN2CCCCC2)c2ccc3cccc(Cl)c3n2)cc1. The highest BCUT2D eigenvalue weighted by molar-refractivity contribution is 6.35. The summed E-state index contributed by atoms with van der Waals surface area (Å²) in [5.74, 6) is 0.456. The van der Waals surface area contributed by atoms with E-state index < -0.39 is 6.36 Å². The van der Waals surface area contributed by atoms with Gasteiger partial charge < -0.3 is 14.5 Å². The molecule has 8 heteroatoms. The van der Waals surface area contributed by atoms with Gasteiger partial charge in [-0.15, -0.1) is 13.2 Å². The Balaban J connectivity index is 1.58. The number of halogens is 4. The van der Waals surface area contributed by atoms with E-state index in [1.165, 1.54) is 31.4 Å². The summed E-state index contributed by atoms with van der Waals surface area (Å²) in [6.07, 6.45) is -0.0592. The molecule has 1 fully saturated rings. The number of para-hydroxylation sites is 1. The molecule has 0 unspecified atom stereocenters. The zero-order chi connectivity index (χ0) is 22.6. The first-order chi connectivity index (χ1) is 15.4. The van der Waals surface area contributed by atoms with Crippen molar-refractivity contribution in [2.75, 3.05) is 31.1 Å². The fourth-order valence-corrected chi connectivity index (χ4v) is 4.31. The summed E-state index contributed by atoms with van der Waals surface area (Å²) in [5.41, 5.74) is 1.45. The van der Waals surface area contributed by atoms with E-state index in [0.29, 0.717) is 22.9 Å². The third-order valence-electron chi connectivity index (χ3n) is 5.62. The van der Waals surface area contributed by atoms with Crippen LogP contribution in [0.1, 0.15) is 25.7 Å². The monoisotopic (exact) mass is 463 g/mol. The van der Waals surface area contributed by atoms with Gasteiger partial charge in [-0.05, 0) is 81.4 Å². The van der Waals surface area contributed by atoms with E-state index in [1.54, 1.807) is 18.2 Å². The Morgan fingerprint density at radius 3 is 2.44 bits per heavy atom. The largest absolute Gasteiger partial charge is 0.573 e. The van der Waals surface area contributed by atoms with Crippen molar-refractivity contribution in [3.05, 3.63) is 59.6 Å². The van der Waals surface area contributed by atoms with Crippen LogP contribution in [0.2, 0.25) is 5.02 Å². The number of alkyl halides is 3. The van der Waals surface area contributed by atoms with Gasteiger partial charge in [0.2, 0.25) is 0 Å². The smallest absolute Gasteiger partial charge is 0.406 e. The van der Waals surface area contributed by atoms with Crippen molar-refractivity contribution in [1.29, 1.82) is 0 Å². The van der Waals surface area contributed by atoms with E-state index in [4.69, 9.17) is 16.6 Å². The molecule has 1 aliphatic rings. The molecule has 32 heavy (non-hydrogen) atoms. The van der Waals surface area contributed by atoms with Crippen LogP contribution in [0.3, 0.4) is 0 Å². The second-order valence-electron chi connectivity index (χ2n) is 7.93. The van der Waals surface area contributed by atoms with E-state index in [9.17, 15) is 13.2 Å². The summed E-state index contributed by atoms with van der Waals surface area (Å²) < 4.78 is 41.6. The molecule has 1 saturated heterocycles. The van der Waals surface area contributed by atoms with Crippen molar-refractivity contribution in [2.45, 2.75) is 32.0 Å². The highest BCUT2D eigenvalue weighted by Crippen LogP contribution is 2.31. The van der Waals surface area contributed by atoms with Crippen LogP contribution in [-0.2, 0) is 0 Å². The van der Waals surface area contributed by atoms with Crippen molar-refractivity contribution < 1.29 is 17.9 Å². The normalized spacial score (nSPS) is 15.1. The number of anilines is 2. The van der Waals surface area contributed by atoms with Crippen molar-refractivity contribution in [3.63, 3.8) is 0 Å². The van der Waals surface area contributed by atoms with Gasteiger partial charge in [0.25, 0.3) is 0 Å². The minimum atomic E-state index is -4.72. The van der Waals surface area contributed by atoms with Crippen LogP contribution in [-0.4, -0.2) is 42.4 Å². The Morgan fingerprint density at radius 2 is 1.72 bits per heavy atom. The highest BCUT2D eigenvalue weighted by atomic mass is 35.5. The van der Waals surface area contributed by atoms with Crippen LogP contribution in [0.4, 0.5) is 24.7 Å². The van der Waals surface area contributed by atoms with E-state index in [1.807, 2.05) is 29.2 Å². The van der Waals surface area contributed by atoms with Crippen LogP contribution in [0, 0.1) is 0 Å². The predicted molar refractivity (Wildman–Crippen MR) is 122 cm³/mol. The maximum Gasteiger partial charge on any atom is 0.573 e. The van der Waals surface area contributed by atoms with Gasteiger partial charge in [-0.25, -0.2) is 4.98 Å². The van der Waals surface area contributed by atoms with Crippen LogP contribution in [0.15, 0.2) is 54.6 Å². The molecule has 0 radical (unpaired) electrons. The van der Waals surface area contributed by atoms with Gasteiger partial charge in [0.05, 0.1) is 10.5 Å². The average molecular weight is 464 g/mol. The van der Waals surface area contributed by atoms with Gasteiger partial charge >= 0.3 is 6.36 Å². The molecule has 170 valence electrons. The molecule has 1 aliphatic heterocycles. The Hall–Kier alpha value is -2.51. The van der Waals surface area contributed by atoms with Crippen LogP contribution >= 0.6 is 11.6 Å². The first-order valence-corrected chi connectivity index (χ1v) is 11.2. The third-order valence-corrected chi connectivity index (χ3v) is 5.92. The first-order valence-electron chi connectivity index (χ1n) is 10.8. The summed E-state index contributed by atoms with van der Waals surface area (Å²) >= 11 is 6.36. The molecule has 1 aromatic heterocycles. The summed E-state index contributed by atoms with van der Waals surface area (Å²) in [5, 5.41) is 1.50. The number of hydrogen-bond acceptors (Lipinski definition) is 4. The molecular weight excluding hydrogens is 439 g/mol. The quantitative estimate of drug-likeness (QED) is 0.385. The number of ether oxygens (including phenoxy) is 1. The van der Waals surface area contributed by atoms with Crippen molar-refractivity contribution in [3.8, 4) is 5.75 Å². The van der Waals surface area contributed by atoms with Gasteiger partial charge in [0.1, 0.15) is 11.6 Å². The molecule has 0 bridgehead atoms. The minimum absolute atomic E-state index is 0.246. The standard InChI is InChI=1S/C24H25ClF3N3O/c25-21-7-4-6-18-8-13-22(29-23(18)21)31(17-5-16-30-14-2-1-3-15-30)19-9-11-20(12-10-19)32-24(26,27)28/h4,6-13H,1-3,5,14-17H2. The number of nitrogens with zero attached hydrogens (tertiary/aromatic N) is 3. The van der Waals surface area contributed by atoms with Crippen LogP contribution in [0.5, 0.6) is 5.75 Å². The number of likely N-dealkylation sites (tertiary alicyclic amines) is 1. The first kappa shape index (κ1) is 22.7. The Bertz CT molecular complexity index is 1040. The van der Waals surface area contributed by atoms with Gasteiger partial charge in [-0.3, -0.25) is 0 Å². The lowest BCUT2D eigenvalue weighted by molar-refractivity contribution is -0.274. The number of hydrogen-bond donors (Lipinski definition) is 0. The molecule has 2 heterocycles. The lowest BCUT2D eigenvalue weighted by atomic mass is 10.1. The molecule has 4 rings (SSSR count). The molecule has 0 amide bonds. The maximum atomic E-state index is 12.5. The van der Waals surface area contributed by atoms with E-state index >= 15 is 0 Å². The number of piperidine rings is 1. The lowest BCUT2D eigenvalue weighted by Crippen LogP contribution is -2.32. The number of benzene rings is 2. The van der Waals surface area contributed by atoms with E-state index in [0.717, 1.165) is 37.1 Å². The fraction of sp³-hybridized carbons (Fsp3) is 0.375. The number of aromatic nitrogens is 1. The van der Waals surface area contributed by atoms with Crippen LogP contribution < -0.4 is 9.64 Å². The molecule has 0 N–H and O–H groups in total. The van der Waals surface area contributed by atoms with Gasteiger partial charge in [0.15, 0.2) is 0 Å².